The Labute approximate surface area is 88.4 Å². The van der Waals surface area contributed by atoms with Gasteiger partial charge in [-0.1, -0.05) is 19.8 Å². The second-order valence-electron chi connectivity index (χ2n) is 5.00. The predicted octanol–water partition coefficient (Wildman–Crippen LogP) is 2.58. The average Bonchev–Trinajstić information content (AvgIpc) is 2.64. The van der Waals surface area contributed by atoms with Gasteiger partial charge in [0.05, 0.1) is 12.2 Å². The molecule has 84 valence electrons. The highest BCUT2D eigenvalue weighted by molar-refractivity contribution is 4.74. The van der Waals surface area contributed by atoms with Gasteiger partial charge in [-0.25, -0.2) is 0 Å². The maximum atomic E-state index is 5.95. The van der Waals surface area contributed by atoms with E-state index >= 15 is 0 Å². The molecule has 0 amide bonds. The van der Waals surface area contributed by atoms with E-state index in [0.717, 1.165) is 25.6 Å². The van der Waals surface area contributed by atoms with E-state index in [2.05, 4.69) is 26.1 Å². The molecule has 1 rings (SSSR count). The Morgan fingerprint density at radius 1 is 1.29 bits per heavy atom. The van der Waals surface area contributed by atoms with E-state index in [9.17, 15) is 0 Å². The van der Waals surface area contributed by atoms with E-state index in [1.165, 1.54) is 25.7 Å². The summed E-state index contributed by atoms with van der Waals surface area (Å²) >= 11 is 0. The predicted molar refractivity (Wildman–Crippen MR) is 60.5 cm³/mol. The van der Waals surface area contributed by atoms with E-state index in [-0.39, 0.29) is 5.60 Å². The lowest BCUT2D eigenvalue weighted by Crippen LogP contribution is -2.38. The molecule has 2 heteroatoms. The Morgan fingerprint density at radius 3 is 2.50 bits per heavy atom. The minimum absolute atomic E-state index is 0.00139. The molecule has 0 aliphatic heterocycles. The van der Waals surface area contributed by atoms with Crippen molar-refractivity contribution in [2.45, 2.75) is 52.1 Å². The molecule has 2 nitrogen and oxygen atoms in total. The van der Waals surface area contributed by atoms with Gasteiger partial charge < -0.3 is 10.1 Å². The van der Waals surface area contributed by atoms with Crippen LogP contribution in [0.5, 0.6) is 0 Å². The Bertz CT molecular complexity index is 150. The molecule has 1 aliphatic carbocycles. The SMILES string of the molecule is CCNCC(C)(C)OCC1CCCC1. The molecule has 0 atom stereocenters. The first-order valence-electron chi connectivity index (χ1n) is 5.99. The van der Waals surface area contributed by atoms with Gasteiger partial charge in [-0.3, -0.25) is 0 Å². The number of likely N-dealkylation sites (N-methyl/N-ethyl adjacent to an activating group) is 1. The van der Waals surface area contributed by atoms with Crippen LogP contribution in [0.1, 0.15) is 46.5 Å². The molecule has 1 N–H and O–H groups in total. The zero-order valence-corrected chi connectivity index (χ0v) is 9.94. The quantitative estimate of drug-likeness (QED) is 0.710. The molecule has 0 aromatic rings. The highest BCUT2D eigenvalue weighted by Gasteiger charge is 2.21. The number of hydrogen-bond acceptors (Lipinski definition) is 2. The third-order valence-electron chi connectivity index (χ3n) is 2.99. The minimum atomic E-state index is -0.00139. The molecule has 1 fully saturated rings. The lowest BCUT2D eigenvalue weighted by atomic mass is 10.1. The minimum Gasteiger partial charge on any atom is -0.374 e. The molecule has 0 unspecified atom stereocenters. The summed E-state index contributed by atoms with van der Waals surface area (Å²) in [6.07, 6.45) is 5.55. The van der Waals surface area contributed by atoms with Gasteiger partial charge in [-0.15, -0.1) is 0 Å². The normalized spacial score (nSPS) is 19.1. The van der Waals surface area contributed by atoms with Crippen molar-refractivity contribution in [3.8, 4) is 0 Å². The molecule has 1 saturated carbocycles. The van der Waals surface area contributed by atoms with Gasteiger partial charge >= 0.3 is 0 Å². The molecule has 0 aromatic carbocycles. The highest BCUT2D eigenvalue weighted by atomic mass is 16.5. The van der Waals surface area contributed by atoms with Crippen LogP contribution >= 0.6 is 0 Å². The first kappa shape index (κ1) is 12.0. The van der Waals surface area contributed by atoms with Crippen molar-refractivity contribution in [3.63, 3.8) is 0 Å². The molecule has 0 bridgehead atoms. The second-order valence-corrected chi connectivity index (χ2v) is 5.00. The molecular formula is C12H25NO. The van der Waals surface area contributed by atoms with Gasteiger partial charge in [-0.05, 0) is 39.2 Å². The van der Waals surface area contributed by atoms with Gasteiger partial charge in [-0.2, -0.15) is 0 Å². The van der Waals surface area contributed by atoms with Crippen LogP contribution in [0, 0.1) is 5.92 Å². The summed E-state index contributed by atoms with van der Waals surface area (Å²) in [5.74, 6) is 0.830. The molecule has 14 heavy (non-hydrogen) atoms. The standard InChI is InChI=1S/C12H25NO/c1-4-13-10-12(2,3)14-9-11-7-5-6-8-11/h11,13H,4-10H2,1-3H3. The van der Waals surface area contributed by atoms with Crippen molar-refractivity contribution in [3.05, 3.63) is 0 Å². The van der Waals surface area contributed by atoms with Crippen LogP contribution in [-0.4, -0.2) is 25.3 Å². The van der Waals surface area contributed by atoms with Crippen molar-refractivity contribution in [2.24, 2.45) is 5.92 Å². The van der Waals surface area contributed by atoms with Crippen molar-refractivity contribution in [2.75, 3.05) is 19.7 Å². The Hall–Kier alpha value is -0.0800. The zero-order valence-electron chi connectivity index (χ0n) is 9.94. The summed E-state index contributed by atoms with van der Waals surface area (Å²) in [6, 6.07) is 0. The van der Waals surface area contributed by atoms with Crippen LogP contribution in [-0.2, 0) is 4.74 Å². The molecule has 0 heterocycles. The first-order chi connectivity index (χ1) is 6.64. The van der Waals surface area contributed by atoms with Crippen molar-refractivity contribution < 1.29 is 4.74 Å². The Morgan fingerprint density at radius 2 is 1.93 bits per heavy atom. The number of nitrogens with one attached hydrogen (secondary N) is 1. The molecule has 0 radical (unpaired) electrons. The fourth-order valence-electron chi connectivity index (χ4n) is 2.00. The largest absolute Gasteiger partial charge is 0.374 e. The van der Waals surface area contributed by atoms with Crippen molar-refractivity contribution in [1.29, 1.82) is 0 Å². The smallest absolute Gasteiger partial charge is 0.0750 e. The summed E-state index contributed by atoms with van der Waals surface area (Å²) in [4.78, 5) is 0. The average molecular weight is 199 g/mol. The van der Waals surface area contributed by atoms with E-state index in [0.29, 0.717) is 0 Å². The van der Waals surface area contributed by atoms with Crippen molar-refractivity contribution in [1.82, 2.24) is 5.32 Å². The van der Waals surface area contributed by atoms with Crippen LogP contribution in [0.3, 0.4) is 0 Å². The topological polar surface area (TPSA) is 21.3 Å². The lowest BCUT2D eigenvalue weighted by Gasteiger charge is -2.27. The van der Waals surface area contributed by atoms with Gasteiger partial charge in [0, 0.05) is 6.54 Å². The second kappa shape index (κ2) is 5.72. The summed E-state index contributed by atoms with van der Waals surface area (Å²) in [6.45, 7) is 9.41. The van der Waals surface area contributed by atoms with Crippen LogP contribution < -0.4 is 5.32 Å². The summed E-state index contributed by atoms with van der Waals surface area (Å²) in [5.41, 5.74) is -0.00139. The van der Waals surface area contributed by atoms with Crippen LogP contribution in [0.2, 0.25) is 0 Å². The molecule has 1 aliphatic rings. The maximum absolute atomic E-state index is 5.95. The fraction of sp³-hybridized carbons (Fsp3) is 1.00. The molecule has 0 spiro atoms. The van der Waals surface area contributed by atoms with E-state index in [4.69, 9.17) is 4.74 Å². The van der Waals surface area contributed by atoms with Gasteiger partial charge in [0.1, 0.15) is 0 Å². The summed E-state index contributed by atoms with van der Waals surface area (Å²) in [5, 5.41) is 3.34. The third kappa shape index (κ3) is 4.43. The van der Waals surface area contributed by atoms with E-state index in [1.54, 1.807) is 0 Å². The summed E-state index contributed by atoms with van der Waals surface area (Å²) in [7, 11) is 0. The van der Waals surface area contributed by atoms with Gasteiger partial charge in [0.2, 0.25) is 0 Å². The van der Waals surface area contributed by atoms with Crippen LogP contribution in [0.25, 0.3) is 0 Å². The van der Waals surface area contributed by atoms with Gasteiger partial charge in [0.25, 0.3) is 0 Å². The van der Waals surface area contributed by atoms with E-state index < -0.39 is 0 Å². The number of rotatable bonds is 6. The Balaban J connectivity index is 2.14. The lowest BCUT2D eigenvalue weighted by molar-refractivity contribution is -0.0327. The van der Waals surface area contributed by atoms with E-state index in [1.807, 2.05) is 0 Å². The van der Waals surface area contributed by atoms with Gasteiger partial charge in [0.15, 0.2) is 0 Å². The highest BCUT2D eigenvalue weighted by Crippen LogP contribution is 2.26. The maximum Gasteiger partial charge on any atom is 0.0750 e. The summed E-state index contributed by atoms with van der Waals surface area (Å²) < 4.78 is 5.95. The van der Waals surface area contributed by atoms with Crippen LogP contribution in [0.4, 0.5) is 0 Å². The van der Waals surface area contributed by atoms with Crippen LogP contribution in [0.15, 0.2) is 0 Å². The molecule has 0 saturated heterocycles. The monoisotopic (exact) mass is 199 g/mol. The first-order valence-corrected chi connectivity index (χ1v) is 5.99. The number of ether oxygens (including phenoxy) is 1. The molecule has 0 aromatic heterocycles. The third-order valence-corrected chi connectivity index (χ3v) is 2.99. The van der Waals surface area contributed by atoms with Crippen molar-refractivity contribution >= 4 is 0 Å². The number of hydrogen-bond donors (Lipinski definition) is 1. The molecular weight excluding hydrogens is 174 g/mol. The zero-order chi connectivity index (χ0) is 10.4. The Kier molecular flexibility index (Phi) is 4.90. The fourth-order valence-corrected chi connectivity index (χ4v) is 2.00.